The first-order chi connectivity index (χ1) is 11.7. The number of hydrogen-bond acceptors (Lipinski definition) is 3. The Kier molecular flexibility index (Phi) is 5.11. The fourth-order valence-corrected chi connectivity index (χ4v) is 2.72. The van der Waals surface area contributed by atoms with E-state index in [2.05, 4.69) is 5.32 Å². The quantitative estimate of drug-likeness (QED) is 0.846. The maximum Gasteiger partial charge on any atom is 0.238 e. The molecule has 0 spiro atoms. The number of hydrogen-bond donors (Lipinski definition) is 1. The molecule has 0 heterocycles. The lowest BCUT2D eigenvalue weighted by Crippen LogP contribution is -2.34. The van der Waals surface area contributed by atoms with Gasteiger partial charge in [0.1, 0.15) is 11.6 Å². The average Bonchev–Trinajstić information content (AvgIpc) is 3.41. The number of amides is 1. The number of carbonyl (C=O) groups is 1. The molecule has 0 unspecified atom stereocenters. The third kappa shape index (κ3) is 4.11. The lowest BCUT2D eigenvalue weighted by molar-refractivity contribution is -0.117. The van der Waals surface area contributed by atoms with E-state index in [1.165, 1.54) is 6.07 Å². The van der Waals surface area contributed by atoms with Crippen LogP contribution < -0.4 is 10.1 Å². The molecule has 1 aliphatic rings. The van der Waals surface area contributed by atoms with Crippen molar-refractivity contribution < 1.29 is 13.9 Å². The van der Waals surface area contributed by atoms with Crippen molar-refractivity contribution in [1.82, 2.24) is 4.90 Å². The van der Waals surface area contributed by atoms with Crippen LogP contribution in [0.3, 0.4) is 0 Å². The first-order valence-corrected chi connectivity index (χ1v) is 8.07. The Hall–Kier alpha value is -2.40. The fraction of sp³-hybridized carbons (Fsp3) is 0.316. The number of nitrogens with one attached hydrogen (secondary N) is 1. The highest BCUT2D eigenvalue weighted by Gasteiger charge is 2.30. The maximum atomic E-state index is 13.9. The summed E-state index contributed by atoms with van der Waals surface area (Å²) in [5.74, 6) is 0.272. The van der Waals surface area contributed by atoms with Crippen LogP contribution in [0.4, 0.5) is 10.1 Å². The molecule has 0 aromatic heterocycles. The van der Waals surface area contributed by atoms with Crippen LogP contribution in [0, 0.1) is 5.82 Å². The summed E-state index contributed by atoms with van der Waals surface area (Å²) in [4.78, 5) is 14.4. The molecule has 5 heteroatoms. The van der Waals surface area contributed by atoms with Gasteiger partial charge in [0, 0.05) is 18.2 Å². The van der Waals surface area contributed by atoms with E-state index in [1.54, 1.807) is 31.4 Å². The van der Waals surface area contributed by atoms with Crippen LogP contribution in [0.5, 0.6) is 5.75 Å². The SMILES string of the molecule is COc1ccccc1NC(=O)CN(Cc1ccccc1F)C1CC1. The number of nitrogens with zero attached hydrogens (tertiary/aromatic N) is 1. The Bertz CT molecular complexity index is 716. The van der Waals surface area contributed by atoms with Gasteiger partial charge in [-0.05, 0) is 31.0 Å². The third-order valence-electron chi connectivity index (χ3n) is 4.12. The zero-order valence-electron chi connectivity index (χ0n) is 13.7. The second-order valence-corrected chi connectivity index (χ2v) is 5.98. The van der Waals surface area contributed by atoms with Crippen LogP contribution in [0.15, 0.2) is 48.5 Å². The summed E-state index contributed by atoms with van der Waals surface area (Å²) in [7, 11) is 1.57. The molecule has 24 heavy (non-hydrogen) atoms. The molecule has 126 valence electrons. The highest BCUT2D eigenvalue weighted by atomic mass is 19.1. The minimum absolute atomic E-state index is 0.122. The normalized spacial score (nSPS) is 13.8. The molecule has 1 saturated carbocycles. The van der Waals surface area contributed by atoms with Gasteiger partial charge in [0.15, 0.2) is 0 Å². The molecule has 1 N–H and O–H groups in total. The number of ether oxygens (including phenoxy) is 1. The second kappa shape index (κ2) is 7.45. The van der Waals surface area contributed by atoms with Gasteiger partial charge < -0.3 is 10.1 Å². The van der Waals surface area contributed by atoms with Crippen LogP contribution in [0.2, 0.25) is 0 Å². The second-order valence-electron chi connectivity index (χ2n) is 5.98. The molecule has 2 aromatic carbocycles. The molecule has 2 aromatic rings. The molecule has 0 radical (unpaired) electrons. The molecule has 0 saturated heterocycles. The number of para-hydroxylation sites is 2. The van der Waals surface area contributed by atoms with Gasteiger partial charge in [-0.25, -0.2) is 4.39 Å². The largest absolute Gasteiger partial charge is 0.495 e. The standard InChI is InChI=1S/C19H21FN2O2/c1-24-18-9-5-4-8-17(18)21-19(23)13-22(15-10-11-15)12-14-6-2-3-7-16(14)20/h2-9,15H,10-13H2,1H3,(H,21,23). The van der Waals surface area contributed by atoms with Gasteiger partial charge in [0.05, 0.1) is 19.3 Å². The summed E-state index contributed by atoms with van der Waals surface area (Å²) in [6.45, 7) is 0.674. The Balaban J connectivity index is 1.65. The Morgan fingerprint density at radius 3 is 2.62 bits per heavy atom. The van der Waals surface area contributed by atoms with Crippen LogP contribution in [0.1, 0.15) is 18.4 Å². The molecule has 1 aliphatic carbocycles. The lowest BCUT2D eigenvalue weighted by atomic mass is 10.2. The van der Waals surface area contributed by atoms with Crippen molar-refractivity contribution in [2.24, 2.45) is 0 Å². The molecule has 0 aliphatic heterocycles. The van der Waals surface area contributed by atoms with Crippen LogP contribution in [-0.2, 0) is 11.3 Å². The summed E-state index contributed by atoms with van der Waals surface area (Å²) in [5, 5.41) is 2.88. The van der Waals surface area contributed by atoms with Crippen LogP contribution in [0.25, 0.3) is 0 Å². The van der Waals surface area contributed by atoms with Crippen molar-refractivity contribution in [3.8, 4) is 5.75 Å². The fourth-order valence-electron chi connectivity index (χ4n) is 2.72. The molecule has 0 atom stereocenters. The van der Waals surface area contributed by atoms with Gasteiger partial charge in [-0.1, -0.05) is 30.3 Å². The molecule has 4 nitrogen and oxygen atoms in total. The van der Waals surface area contributed by atoms with Crippen molar-refractivity contribution in [2.75, 3.05) is 19.0 Å². The highest BCUT2D eigenvalue weighted by Crippen LogP contribution is 2.29. The lowest BCUT2D eigenvalue weighted by Gasteiger charge is -2.22. The van der Waals surface area contributed by atoms with Crippen molar-refractivity contribution in [3.05, 3.63) is 59.9 Å². The summed E-state index contributed by atoms with van der Waals surface area (Å²) >= 11 is 0. The summed E-state index contributed by atoms with van der Waals surface area (Å²) in [6.07, 6.45) is 2.10. The van der Waals surface area contributed by atoms with Gasteiger partial charge in [-0.3, -0.25) is 9.69 Å². The molecular weight excluding hydrogens is 307 g/mol. The first kappa shape index (κ1) is 16.5. The van der Waals surface area contributed by atoms with E-state index in [4.69, 9.17) is 4.74 Å². The van der Waals surface area contributed by atoms with Crippen molar-refractivity contribution in [1.29, 1.82) is 0 Å². The Morgan fingerprint density at radius 2 is 1.92 bits per heavy atom. The topological polar surface area (TPSA) is 41.6 Å². The Morgan fingerprint density at radius 1 is 1.21 bits per heavy atom. The molecule has 1 fully saturated rings. The van der Waals surface area contributed by atoms with E-state index < -0.39 is 0 Å². The van der Waals surface area contributed by atoms with Crippen LogP contribution >= 0.6 is 0 Å². The zero-order valence-corrected chi connectivity index (χ0v) is 13.7. The summed E-state index contributed by atoms with van der Waals surface area (Å²) in [6, 6.07) is 14.4. The van der Waals surface area contributed by atoms with E-state index in [1.807, 2.05) is 23.1 Å². The minimum Gasteiger partial charge on any atom is -0.495 e. The molecular formula is C19H21FN2O2. The summed E-state index contributed by atoms with van der Waals surface area (Å²) < 4.78 is 19.1. The molecule has 3 rings (SSSR count). The van der Waals surface area contributed by atoms with Gasteiger partial charge in [0.2, 0.25) is 5.91 Å². The number of methoxy groups -OCH3 is 1. The smallest absolute Gasteiger partial charge is 0.238 e. The summed E-state index contributed by atoms with van der Waals surface area (Å²) in [5.41, 5.74) is 1.26. The van der Waals surface area contributed by atoms with E-state index in [0.717, 1.165) is 12.8 Å². The van der Waals surface area contributed by atoms with E-state index in [0.29, 0.717) is 29.6 Å². The molecule has 0 bridgehead atoms. The maximum absolute atomic E-state index is 13.9. The number of carbonyl (C=O) groups excluding carboxylic acids is 1. The first-order valence-electron chi connectivity index (χ1n) is 8.07. The van der Waals surface area contributed by atoms with Crippen LogP contribution in [-0.4, -0.2) is 30.5 Å². The van der Waals surface area contributed by atoms with Crippen molar-refractivity contribution in [2.45, 2.75) is 25.4 Å². The van der Waals surface area contributed by atoms with Gasteiger partial charge in [-0.2, -0.15) is 0 Å². The van der Waals surface area contributed by atoms with Gasteiger partial charge in [-0.15, -0.1) is 0 Å². The van der Waals surface area contributed by atoms with Crippen molar-refractivity contribution >= 4 is 11.6 Å². The van der Waals surface area contributed by atoms with E-state index in [9.17, 15) is 9.18 Å². The average molecular weight is 328 g/mol. The number of halogens is 1. The van der Waals surface area contributed by atoms with E-state index in [-0.39, 0.29) is 18.3 Å². The monoisotopic (exact) mass is 328 g/mol. The Labute approximate surface area is 141 Å². The number of rotatable bonds is 7. The third-order valence-corrected chi connectivity index (χ3v) is 4.12. The highest BCUT2D eigenvalue weighted by molar-refractivity contribution is 5.93. The predicted octanol–water partition coefficient (Wildman–Crippen LogP) is 3.44. The van der Waals surface area contributed by atoms with Gasteiger partial charge in [0.25, 0.3) is 0 Å². The van der Waals surface area contributed by atoms with Crippen molar-refractivity contribution in [3.63, 3.8) is 0 Å². The number of anilines is 1. The number of benzene rings is 2. The van der Waals surface area contributed by atoms with Gasteiger partial charge >= 0.3 is 0 Å². The predicted molar refractivity (Wildman–Crippen MR) is 91.5 cm³/mol. The van der Waals surface area contributed by atoms with E-state index >= 15 is 0 Å². The minimum atomic E-state index is -0.228. The zero-order chi connectivity index (χ0) is 16.9. The molecule has 1 amide bonds.